The second-order valence-electron chi connectivity index (χ2n) is 5.54. The minimum atomic E-state index is -0.444. The number of hydrogen-bond acceptors (Lipinski definition) is 7. The van der Waals surface area contributed by atoms with E-state index in [4.69, 9.17) is 4.74 Å². The molecule has 1 aliphatic heterocycles. The van der Waals surface area contributed by atoms with Gasteiger partial charge in [0.15, 0.2) is 4.34 Å². The van der Waals surface area contributed by atoms with Crippen LogP contribution in [0.4, 0.5) is 10.8 Å². The predicted molar refractivity (Wildman–Crippen MR) is 103 cm³/mol. The molecule has 0 aliphatic carbocycles. The first-order valence-corrected chi connectivity index (χ1v) is 9.74. The minimum absolute atomic E-state index is 0.103. The smallest absolute Gasteiger partial charge is 0.231 e. The summed E-state index contributed by atoms with van der Waals surface area (Å²) in [5, 5.41) is 11.2. The number of aromatic nitrogens is 2. The first-order valence-electron chi connectivity index (χ1n) is 7.93. The molecule has 1 saturated heterocycles. The maximum Gasteiger partial charge on any atom is 0.231 e. The standard InChI is InChI=1S/C17H18N4O3S2/c1-3-8-25-17-20-19-16(26-17)18-15(23)11-9-14(22)21(10-11)12-6-4-5-7-13(12)24-2/h3-7,11H,1,8-10H2,2H3,(H,18,19,23)/t11-/m0/s1. The van der Waals surface area contributed by atoms with E-state index in [9.17, 15) is 9.59 Å². The molecule has 0 bridgehead atoms. The van der Waals surface area contributed by atoms with Gasteiger partial charge >= 0.3 is 0 Å². The summed E-state index contributed by atoms with van der Waals surface area (Å²) in [6.07, 6.45) is 1.93. The number of ether oxygens (including phenoxy) is 1. The molecular weight excluding hydrogens is 372 g/mol. The lowest BCUT2D eigenvalue weighted by Gasteiger charge is -2.19. The molecule has 7 nitrogen and oxygen atoms in total. The van der Waals surface area contributed by atoms with E-state index in [2.05, 4.69) is 22.1 Å². The zero-order valence-corrected chi connectivity index (χ0v) is 15.8. The van der Waals surface area contributed by atoms with Crippen LogP contribution < -0.4 is 15.0 Å². The first-order chi connectivity index (χ1) is 12.6. The van der Waals surface area contributed by atoms with Crippen molar-refractivity contribution in [1.29, 1.82) is 0 Å². The summed E-state index contributed by atoms with van der Waals surface area (Å²) >= 11 is 2.81. The largest absolute Gasteiger partial charge is 0.495 e. The zero-order chi connectivity index (χ0) is 18.5. The summed E-state index contributed by atoms with van der Waals surface area (Å²) in [6, 6.07) is 7.28. The fraction of sp³-hybridized carbons (Fsp3) is 0.294. The van der Waals surface area contributed by atoms with Crippen molar-refractivity contribution in [1.82, 2.24) is 10.2 Å². The minimum Gasteiger partial charge on any atom is -0.495 e. The molecule has 0 unspecified atom stereocenters. The van der Waals surface area contributed by atoms with Crippen LogP contribution in [-0.2, 0) is 9.59 Å². The summed E-state index contributed by atoms with van der Waals surface area (Å²) < 4.78 is 6.07. The SMILES string of the molecule is C=CCSc1nnc(NC(=O)[C@H]2CC(=O)N(c3ccccc3OC)C2)s1. The van der Waals surface area contributed by atoms with E-state index in [1.54, 1.807) is 24.2 Å². The number of nitrogens with one attached hydrogen (secondary N) is 1. The highest BCUT2D eigenvalue weighted by Crippen LogP contribution is 2.33. The third kappa shape index (κ3) is 4.05. The van der Waals surface area contributed by atoms with Crippen LogP contribution in [0, 0.1) is 5.92 Å². The maximum absolute atomic E-state index is 12.5. The Morgan fingerprint density at radius 1 is 1.50 bits per heavy atom. The molecule has 1 fully saturated rings. The first kappa shape index (κ1) is 18.4. The quantitative estimate of drug-likeness (QED) is 0.445. The van der Waals surface area contributed by atoms with Gasteiger partial charge in [0.05, 0.1) is 18.7 Å². The van der Waals surface area contributed by atoms with Gasteiger partial charge < -0.3 is 15.0 Å². The lowest BCUT2D eigenvalue weighted by Crippen LogP contribution is -2.28. The molecule has 3 rings (SSSR count). The highest BCUT2D eigenvalue weighted by molar-refractivity contribution is 8.01. The Morgan fingerprint density at radius 2 is 2.31 bits per heavy atom. The normalized spacial score (nSPS) is 16.6. The van der Waals surface area contributed by atoms with E-state index >= 15 is 0 Å². The fourth-order valence-electron chi connectivity index (χ4n) is 2.63. The van der Waals surface area contributed by atoms with Crippen molar-refractivity contribution in [3.05, 3.63) is 36.9 Å². The molecule has 9 heteroatoms. The van der Waals surface area contributed by atoms with Gasteiger partial charge in [-0.3, -0.25) is 9.59 Å². The summed E-state index contributed by atoms with van der Waals surface area (Å²) in [7, 11) is 1.56. The van der Waals surface area contributed by atoms with Crippen molar-refractivity contribution >= 4 is 45.7 Å². The number of para-hydroxylation sites is 2. The van der Waals surface area contributed by atoms with E-state index in [-0.39, 0.29) is 18.2 Å². The van der Waals surface area contributed by atoms with Crippen LogP contribution in [0.1, 0.15) is 6.42 Å². The van der Waals surface area contributed by atoms with Crippen molar-refractivity contribution in [3.8, 4) is 5.75 Å². The van der Waals surface area contributed by atoms with E-state index < -0.39 is 5.92 Å². The molecule has 2 amide bonds. The van der Waals surface area contributed by atoms with Crippen LogP contribution >= 0.6 is 23.1 Å². The van der Waals surface area contributed by atoms with Crippen LogP contribution in [0.15, 0.2) is 41.3 Å². The lowest BCUT2D eigenvalue weighted by molar-refractivity contribution is -0.122. The van der Waals surface area contributed by atoms with Gasteiger partial charge in [0.1, 0.15) is 5.75 Å². The Bertz CT molecular complexity index is 824. The molecular formula is C17H18N4O3S2. The highest BCUT2D eigenvalue weighted by atomic mass is 32.2. The number of nitrogens with zero attached hydrogens (tertiary/aromatic N) is 3. The molecule has 2 heterocycles. The van der Waals surface area contributed by atoms with Crippen LogP contribution in [-0.4, -0.2) is 41.4 Å². The van der Waals surface area contributed by atoms with Gasteiger partial charge in [-0.25, -0.2) is 0 Å². The van der Waals surface area contributed by atoms with Crippen molar-refractivity contribution in [2.75, 3.05) is 29.6 Å². The van der Waals surface area contributed by atoms with E-state index in [1.807, 2.05) is 18.2 Å². The molecule has 0 radical (unpaired) electrons. The summed E-state index contributed by atoms with van der Waals surface area (Å²) in [6.45, 7) is 3.96. The summed E-state index contributed by atoms with van der Waals surface area (Å²) in [4.78, 5) is 26.5. The van der Waals surface area contributed by atoms with Crippen LogP contribution in [0.2, 0.25) is 0 Å². The second kappa shape index (κ2) is 8.33. The molecule has 1 aromatic carbocycles. The van der Waals surface area contributed by atoms with Crippen LogP contribution in [0.3, 0.4) is 0 Å². The average Bonchev–Trinajstić information content (AvgIpc) is 3.26. The zero-order valence-electron chi connectivity index (χ0n) is 14.2. The van der Waals surface area contributed by atoms with Gasteiger partial charge in [-0.1, -0.05) is 41.3 Å². The number of carbonyl (C=O) groups is 2. The number of benzene rings is 1. The van der Waals surface area contributed by atoms with Crippen LogP contribution in [0.25, 0.3) is 0 Å². The van der Waals surface area contributed by atoms with E-state index in [1.165, 1.54) is 23.1 Å². The Labute approximate surface area is 159 Å². The molecule has 2 aromatic rings. The molecule has 136 valence electrons. The number of carbonyl (C=O) groups excluding carboxylic acids is 2. The van der Waals surface area contributed by atoms with Crippen molar-refractivity contribution in [2.45, 2.75) is 10.8 Å². The van der Waals surface area contributed by atoms with Crippen molar-refractivity contribution in [2.24, 2.45) is 5.92 Å². The predicted octanol–water partition coefficient (Wildman–Crippen LogP) is 2.82. The number of rotatable bonds is 7. The molecule has 26 heavy (non-hydrogen) atoms. The van der Waals surface area contributed by atoms with Crippen molar-refractivity contribution in [3.63, 3.8) is 0 Å². The Balaban J connectivity index is 1.65. The summed E-state index contributed by atoms with van der Waals surface area (Å²) in [5.74, 6) is 0.560. The van der Waals surface area contributed by atoms with Gasteiger partial charge in [0, 0.05) is 18.7 Å². The van der Waals surface area contributed by atoms with E-state index in [0.29, 0.717) is 23.1 Å². The molecule has 1 N–H and O–H groups in total. The number of methoxy groups -OCH3 is 1. The van der Waals surface area contributed by atoms with Gasteiger partial charge in [-0.15, -0.1) is 16.8 Å². The Kier molecular flexibility index (Phi) is 5.89. The molecule has 0 spiro atoms. The molecule has 1 aliphatic rings. The Morgan fingerprint density at radius 3 is 3.08 bits per heavy atom. The number of thioether (sulfide) groups is 1. The van der Waals surface area contributed by atoms with Gasteiger partial charge in [0.25, 0.3) is 0 Å². The number of amides is 2. The topological polar surface area (TPSA) is 84.4 Å². The average molecular weight is 390 g/mol. The molecule has 0 saturated carbocycles. The van der Waals surface area contributed by atoms with Crippen molar-refractivity contribution < 1.29 is 14.3 Å². The number of anilines is 2. The summed E-state index contributed by atoms with van der Waals surface area (Å²) in [5.41, 5.74) is 0.675. The maximum atomic E-state index is 12.5. The van der Waals surface area contributed by atoms with Gasteiger partial charge in [0.2, 0.25) is 16.9 Å². The third-order valence-electron chi connectivity index (χ3n) is 3.83. The Hall–Kier alpha value is -2.39. The van der Waals surface area contributed by atoms with Gasteiger partial charge in [-0.2, -0.15) is 0 Å². The lowest BCUT2D eigenvalue weighted by atomic mass is 10.1. The fourth-order valence-corrected chi connectivity index (χ4v) is 4.14. The van der Waals surface area contributed by atoms with Crippen LogP contribution in [0.5, 0.6) is 5.75 Å². The number of hydrogen-bond donors (Lipinski definition) is 1. The molecule has 1 aromatic heterocycles. The second-order valence-corrected chi connectivity index (χ2v) is 7.78. The van der Waals surface area contributed by atoms with E-state index in [0.717, 1.165) is 10.1 Å². The third-order valence-corrected chi connectivity index (χ3v) is 5.80. The molecule has 1 atom stereocenters. The highest BCUT2D eigenvalue weighted by Gasteiger charge is 2.36. The monoisotopic (exact) mass is 390 g/mol. The van der Waals surface area contributed by atoms with Gasteiger partial charge in [-0.05, 0) is 12.1 Å².